The van der Waals surface area contributed by atoms with Crippen molar-refractivity contribution in [2.24, 2.45) is 0 Å². The number of rotatable bonds is 5. The number of benzene rings is 1. The van der Waals surface area contributed by atoms with Gasteiger partial charge in [-0.3, -0.25) is 0 Å². The van der Waals surface area contributed by atoms with Crippen LogP contribution in [0.2, 0.25) is 0 Å². The summed E-state index contributed by atoms with van der Waals surface area (Å²) in [6.07, 6.45) is 0.925. The topological polar surface area (TPSA) is 72.7 Å². The molecule has 0 fully saturated rings. The zero-order valence-electron chi connectivity index (χ0n) is 9.76. The molecular weight excluding hydrogens is 250 g/mol. The molecule has 0 unspecified atom stereocenters. The lowest BCUT2D eigenvalue weighted by Crippen LogP contribution is -2.16. The fourth-order valence-electron chi connectivity index (χ4n) is 1.64. The van der Waals surface area contributed by atoms with Gasteiger partial charge in [0.15, 0.2) is 11.5 Å². The van der Waals surface area contributed by atoms with Gasteiger partial charge in [-0.05, 0) is 41.4 Å². The molecule has 0 saturated heterocycles. The van der Waals surface area contributed by atoms with E-state index in [4.69, 9.17) is 0 Å². The van der Waals surface area contributed by atoms with Crippen molar-refractivity contribution in [3.63, 3.8) is 0 Å². The van der Waals surface area contributed by atoms with E-state index >= 15 is 0 Å². The quantitative estimate of drug-likeness (QED) is 0.494. The van der Waals surface area contributed by atoms with Crippen LogP contribution in [0.1, 0.15) is 11.1 Å². The molecule has 0 radical (unpaired) electrons. The number of aromatic hydroxyl groups is 3. The molecule has 96 valence electrons. The lowest BCUT2D eigenvalue weighted by atomic mass is 10.1. The average molecular weight is 265 g/mol. The van der Waals surface area contributed by atoms with E-state index in [0.717, 1.165) is 13.0 Å². The fourth-order valence-corrected chi connectivity index (χ4v) is 2.35. The Morgan fingerprint density at radius 3 is 2.61 bits per heavy atom. The van der Waals surface area contributed by atoms with Crippen LogP contribution in [0.3, 0.4) is 0 Å². The Bertz CT molecular complexity index is 511. The van der Waals surface area contributed by atoms with Crippen molar-refractivity contribution in [2.45, 2.75) is 13.0 Å². The van der Waals surface area contributed by atoms with Crippen LogP contribution in [-0.2, 0) is 13.0 Å². The lowest BCUT2D eigenvalue weighted by molar-refractivity contribution is 0.364. The molecule has 5 heteroatoms. The summed E-state index contributed by atoms with van der Waals surface area (Å²) >= 11 is 1.67. The molecule has 0 saturated carbocycles. The van der Waals surface area contributed by atoms with E-state index < -0.39 is 5.75 Å². The number of thiophene rings is 1. The summed E-state index contributed by atoms with van der Waals surface area (Å²) in [6, 6.07) is 5.03. The molecule has 0 amide bonds. The Labute approximate surface area is 109 Å². The van der Waals surface area contributed by atoms with Crippen molar-refractivity contribution in [3.8, 4) is 17.2 Å². The van der Waals surface area contributed by atoms with E-state index in [0.29, 0.717) is 12.1 Å². The van der Waals surface area contributed by atoms with Gasteiger partial charge in [-0.2, -0.15) is 11.3 Å². The summed E-state index contributed by atoms with van der Waals surface area (Å²) in [5.74, 6) is -1.04. The number of nitrogens with one attached hydrogen (secondary N) is 1. The van der Waals surface area contributed by atoms with Gasteiger partial charge in [0.05, 0.1) is 0 Å². The third-order valence-corrected chi connectivity index (χ3v) is 3.43. The highest BCUT2D eigenvalue weighted by atomic mass is 32.1. The van der Waals surface area contributed by atoms with Crippen molar-refractivity contribution in [2.75, 3.05) is 6.54 Å². The predicted octanol–water partition coefficient (Wildman–Crippen LogP) is 2.20. The van der Waals surface area contributed by atoms with Crippen molar-refractivity contribution < 1.29 is 15.3 Å². The second-order valence-corrected chi connectivity index (χ2v) is 4.78. The molecule has 2 rings (SSSR count). The van der Waals surface area contributed by atoms with Gasteiger partial charge in [0.25, 0.3) is 0 Å². The maximum Gasteiger partial charge on any atom is 0.200 e. The Hall–Kier alpha value is -1.72. The Kier molecular flexibility index (Phi) is 4.07. The zero-order valence-corrected chi connectivity index (χ0v) is 10.6. The van der Waals surface area contributed by atoms with Crippen molar-refractivity contribution >= 4 is 11.3 Å². The Morgan fingerprint density at radius 2 is 1.89 bits per heavy atom. The fraction of sp³-hybridized carbons (Fsp3) is 0.231. The molecule has 0 atom stereocenters. The van der Waals surface area contributed by atoms with Gasteiger partial charge < -0.3 is 20.6 Å². The Morgan fingerprint density at radius 1 is 1.06 bits per heavy atom. The van der Waals surface area contributed by atoms with E-state index in [1.807, 2.05) is 5.38 Å². The molecule has 0 bridgehead atoms. The van der Waals surface area contributed by atoms with Crippen LogP contribution in [0.15, 0.2) is 29.0 Å². The second-order valence-electron chi connectivity index (χ2n) is 4.00. The van der Waals surface area contributed by atoms with Crippen LogP contribution in [-0.4, -0.2) is 21.9 Å². The monoisotopic (exact) mass is 265 g/mol. The van der Waals surface area contributed by atoms with E-state index in [9.17, 15) is 15.3 Å². The Balaban J connectivity index is 1.85. The summed E-state index contributed by atoms with van der Waals surface area (Å²) in [4.78, 5) is 0. The van der Waals surface area contributed by atoms with Crippen LogP contribution in [0, 0.1) is 0 Å². The zero-order chi connectivity index (χ0) is 13.0. The molecule has 0 aliphatic rings. The van der Waals surface area contributed by atoms with E-state index in [1.54, 1.807) is 17.4 Å². The summed E-state index contributed by atoms with van der Waals surface area (Å²) in [5.41, 5.74) is 1.85. The third kappa shape index (κ3) is 2.94. The van der Waals surface area contributed by atoms with Gasteiger partial charge in [-0.25, -0.2) is 0 Å². The predicted molar refractivity (Wildman–Crippen MR) is 71.2 cm³/mol. The molecule has 4 N–H and O–H groups in total. The highest BCUT2D eigenvalue weighted by Crippen LogP contribution is 2.36. The van der Waals surface area contributed by atoms with Gasteiger partial charge in [0.1, 0.15) is 0 Å². The van der Waals surface area contributed by atoms with Gasteiger partial charge in [-0.15, -0.1) is 0 Å². The van der Waals surface area contributed by atoms with Crippen LogP contribution in [0.25, 0.3) is 0 Å². The van der Waals surface area contributed by atoms with E-state index in [1.165, 1.54) is 11.6 Å². The van der Waals surface area contributed by atoms with Gasteiger partial charge >= 0.3 is 0 Å². The first-order valence-electron chi connectivity index (χ1n) is 5.63. The smallest absolute Gasteiger partial charge is 0.200 e. The van der Waals surface area contributed by atoms with Crippen molar-refractivity contribution in [1.29, 1.82) is 0 Å². The van der Waals surface area contributed by atoms with Gasteiger partial charge in [0.2, 0.25) is 5.75 Å². The molecule has 0 aliphatic carbocycles. The van der Waals surface area contributed by atoms with Crippen molar-refractivity contribution in [3.05, 3.63) is 40.1 Å². The minimum Gasteiger partial charge on any atom is -0.504 e. The maximum atomic E-state index is 9.61. The first-order valence-corrected chi connectivity index (χ1v) is 6.57. The summed E-state index contributed by atoms with van der Waals surface area (Å²) in [6.45, 7) is 1.24. The molecular formula is C13H15NO3S. The number of hydrogen-bond donors (Lipinski definition) is 4. The second kappa shape index (κ2) is 5.75. The molecule has 0 spiro atoms. The summed E-state index contributed by atoms with van der Waals surface area (Å²) in [7, 11) is 0. The molecule has 0 aliphatic heterocycles. The maximum absolute atomic E-state index is 9.61. The highest BCUT2D eigenvalue weighted by Gasteiger charge is 2.10. The lowest BCUT2D eigenvalue weighted by Gasteiger charge is -2.08. The van der Waals surface area contributed by atoms with Crippen LogP contribution < -0.4 is 5.32 Å². The minimum absolute atomic E-state index is 0.266. The SMILES string of the molecule is Oc1ccc(CNCCc2ccsc2)c(O)c1O. The largest absolute Gasteiger partial charge is 0.504 e. The average Bonchev–Trinajstić information content (AvgIpc) is 2.87. The van der Waals surface area contributed by atoms with Crippen molar-refractivity contribution in [1.82, 2.24) is 5.32 Å². The molecule has 1 heterocycles. The van der Waals surface area contributed by atoms with Crippen LogP contribution in [0.4, 0.5) is 0 Å². The third-order valence-electron chi connectivity index (χ3n) is 2.70. The minimum atomic E-state index is -0.466. The van der Waals surface area contributed by atoms with Gasteiger partial charge in [0, 0.05) is 12.1 Å². The molecule has 1 aromatic carbocycles. The number of hydrogen-bond acceptors (Lipinski definition) is 5. The van der Waals surface area contributed by atoms with E-state index in [-0.39, 0.29) is 11.5 Å². The van der Waals surface area contributed by atoms with Crippen LogP contribution in [0.5, 0.6) is 17.2 Å². The standard InChI is InChI=1S/C13H15NO3S/c15-11-2-1-10(12(16)13(11)17)7-14-5-3-9-4-6-18-8-9/h1-2,4,6,8,14-17H,3,5,7H2. The number of phenols is 3. The number of phenolic OH excluding ortho intramolecular Hbond substituents is 3. The first kappa shape index (κ1) is 12.7. The first-order chi connectivity index (χ1) is 8.68. The molecule has 1 aromatic heterocycles. The van der Waals surface area contributed by atoms with Crippen LogP contribution >= 0.6 is 11.3 Å². The molecule has 18 heavy (non-hydrogen) atoms. The summed E-state index contributed by atoms with van der Waals surface area (Å²) < 4.78 is 0. The normalized spacial score (nSPS) is 10.7. The molecule has 4 nitrogen and oxygen atoms in total. The highest BCUT2D eigenvalue weighted by molar-refractivity contribution is 7.07. The molecule has 2 aromatic rings. The van der Waals surface area contributed by atoms with E-state index in [2.05, 4.69) is 16.8 Å². The van der Waals surface area contributed by atoms with Gasteiger partial charge in [-0.1, -0.05) is 6.07 Å². The summed E-state index contributed by atoms with van der Waals surface area (Å²) in [5, 5.41) is 35.5.